The highest BCUT2D eigenvalue weighted by Crippen LogP contribution is 2.34. The molecule has 2 unspecified atom stereocenters. The lowest BCUT2D eigenvalue weighted by atomic mass is 9.98. The molecule has 0 saturated carbocycles. The fourth-order valence-corrected chi connectivity index (χ4v) is 2.17. The minimum absolute atomic E-state index is 0.0167. The molecular formula is C14H21F3N2O. The van der Waals surface area contributed by atoms with E-state index in [2.05, 4.69) is 5.32 Å². The van der Waals surface area contributed by atoms with Crippen molar-refractivity contribution in [3.63, 3.8) is 0 Å². The maximum Gasteiger partial charge on any atom is 0.416 e. The lowest BCUT2D eigenvalue weighted by Crippen LogP contribution is -2.36. The van der Waals surface area contributed by atoms with Gasteiger partial charge in [-0.25, -0.2) is 0 Å². The van der Waals surface area contributed by atoms with Crippen LogP contribution < -0.4 is 11.1 Å². The number of aliphatic hydroxyl groups is 1. The second kappa shape index (κ2) is 7.61. The first-order chi connectivity index (χ1) is 9.40. The Bertz CT molecular complexity index is 410. The zero-order chi connectivity index (χ0) is 15.2. The van der Waals surface area contributed by atoms with Crippen LogP contribution in [0, 0.1) is 0 Å². The van der Waals surface area contributed by atoms with Crippen molar-refractivity contribution < 1.29 is 18.3 Å². The van der Waals surface area contributed by atoms with E-state index in [0.29, 0.717) is 12.8 Å². The summed E-state index contributed by atoms with van der Waals surface area (Å²) in [6.45, 7) is 2.02. The third kappa shape index (κ3) is 4.77. The van der Waals surface area contributed by atoms with Crippen LogP contribution in [0.15, 0.2) is 24.3 Å². The molecule has 0 aliphatic rings. The number of benzene rings is 1. The Morgan fingerprint density at radius 3 is 2.50 bits per heavy atom. The van der Waals surface area contributed by atoms with Crippen LogP contribution in [0.25, 0.3) is 0 Å². The SMILES string of the molecule is CC(CCCO)NC(CN)c1ccccc1C(F)(F)F. The van der Waals surface area contributed by atoms with Gasteiger partial charge in [-0.1, -0.05) is 18.2 Å². The van der Waals surface area contributed by atoms with Gasteiger partial charge in [0.1, 0.15) is 0 Å². The van der Waals surface area contributed by atoms with Crippen molar-refractivity contribution in [2.45, 2.75) is 38.0 Å². The van der Waals surface area contributed by atoms with E-state index in [9.17, 15) is 13.2 Å². The molecule has 3 nitrogen and oxygen atoms in total. The predicted octanol–water partition coefficient (Wildman–Crippen LogP) is 2.46. The summed E-state index contributed by atoms with van der Waals surface area (Å²) in [6.07, 6.45) is -3.10. The molecule has 0 aliphatic heterocycles. The highest BCUT2D eigenvalue weighted by Gasteiger charge is 2.34. The van der Waals surface area contributed by atoms with Gasteiger partial charge in [0.05, 0.1) is 5.56 Å². The lowest BCUT2D eigenvalue weighted by molar-refractivity contribution is -0.138. The third-order valence-corrected chi connectivity index (χ3v) is 3.16. The smallest absolute Gasteiger partial charge is 0.396 e. The summed E-state index contributed by atoms with van der Waals surface area (Å²) in [5, 5.41) is 11.9. The van der Waals surface area contributed by atoms with E-state index in [1.807, 2.05) is 6.92 Å². The van der Waals surface area contributed by atoms with Gasteiger partial charge in [0, 0.05) is 25.2 Å². The van der Waals surface area contributed by atoms with Crippen LogP contribution in [0.2, 0.25) is 0 Å². The molecule has 0 radical (unpaired) electrons. The minimum atomic E-state index is -4.39. The largest absolute Gasteiger partial charge is 0.416 e. The Hall–Kier alpha value is -1.11. The van der Waals surface area contributed by atoms with Gasteiger partial charge in [-0.05, 0) is 31.4 Å². The maximum atomic E-state index is 13.0. The van der Waals surface area contributed by atoms with Gasteiger partial charge in [-0.2, -0.15) is 13.2 Å². The zero-order valence-electron chi connectivity index (χ0n) is 11.5. The van der Waals surface area contributed by atoms with Crippen LogP contribution >= 0.6 is 0 Å². The summed E-state index contributed by atoms with van der Waals surface area (Å²) in [5.41, 5.74) is 5.12. The van der Waals surface area contributed by atoms with Crippen molar-refractivity contribution in [3.05, 3.63) is 35.4 Å². The van der Waals surface area contributed by atoms with E-state index in [1.165, 1.54) is 12.1 Å². The van der Waals surface area contributed by atoms with E-state index in [1.54, 1.807) is 6.07 Å². The average Bonchev–Trinajstić information content (AvgIpc) is 2.41. The van der Waals surface area contributed by atoms with E-state index < -0.39 is 17.8 Å². The first-order valence-corrected chi connectivity index (χ1v) is 6.63. The van der Waals surface area contributed by atoms with Crippen LogP contribution in [0.3, 0.4) is 0 Å². The van der Waals surface area contributed by atoms with Crippen molar-refractivity contribution in [3.8, 4) is 0 Å². The first-order valence-electron chi connectivity index (χ1n) is 6.63. The molecule has 6 heteroatoms. The van der Waals surface area contributed by atoms with Crippen molar-refractivity contribution in [2.24, 2.45) is 5.73 Å². The molecule has 4 N–H and O–H groups in total. The summed E-state index contributed by atoms with van der Waals surface area (Å²) < 4.78 is 39.0. The summed E-state index contributed by atoms with van der Waals surface area (Å²) in [5.74, 6) is 0. The lowest BCUT2D eigenvalue weighted by Gasteiger charge is -2.25. The summed E-state index contributed by atoms with van der Waals surface area (Å²) in [6, 6.07) is 4.89. The van der Waals surface area contributed by atoms with Crippen molar-refractivity contribution in [1.82, 2.24) is 5.32 Å². The molecule has 1 aromatic carbocycles. The van der Waals surface area contributed by atoms with Gasteiger partial charge in [0.15, 0.2) is 0 Å². The predicted molar refractivity (Wildman–Crippen MR) is 72.2 cm³/mol. The van der Waals surface area contributed by atoms with Gasteiger partial charge in [-0.15, -0.1) is 0 Å². The Balaban J connectivity index is 2.90. The van der Waals surface area contributed by atoms with Gasteiger partial charge in [0.2, 0.25) is 0 Å². The summed E-state index contributed by atoms with van der Waals surface area (Å²) in [7, 11) is 0. The van der Waals surface area contributed by atoms with E-state index in [4.69, 9.17) is 10.8 Å². The van der Waals surface area contributed by atoms with Crippen LogP contribution in [0.1, 0.15) is 36.9 Å². The molecule has 0 fully saturated rings. The molecule has 0 heterocycles. The monoisotopic (exact) mass is 290 g/mol. The quantitative estimate of drug-likeness (QED) is 0.723. The molecule has 0 bridgehead atoms. The number of alkyl halides is 3. The second-order valence-electron chi connectivity index (χ2n) is 4.81. The Morgan fingerprint density at radius 2 is 1.95 bits per heavy atom. The van der Waals surface area contributed by atoms with Crippen molar-refractivity contribution in [2.75, 3.05) is 13.2 Å². The van der Waals surface area contributed by atoms with Crippen LogP contribution in [0.5, 0.6) is 0 Å². The molecule has 114 valence electrons. The van der Waals surface area contributed by atoms with Gasteiger partial charge < -0.3 is 16.2 Å². The Labute approximate surface area is 117 Å². The number of rotatable bonds is 7. The molecule has 0 spiro atoms. The number of hydrogen-bond acceptors (Lipinski definition) is 3. The molecule has 20 heavy (non-hydrogen) atoms. The third-order valence-electron chi connectivity index (χ3n) is 3.16. The molecule has 0 aromatic heterocycles. The van der Waals surface area contributed by atoms with Gasteiger partial charge in [-0.3, -0.25) is 0 Å². The number of halogens is 3. The topological polar surface area (TPSA) is 58.3 Å². The second-order valence-corrected chi connectivity index (χ2v) is 4.81. The van der Waals surface area contributed by atoms with E-state index in [0.717, 1.165) is 6.07 Å². The van der Waals surface area contributed by atoms with Gasteiger partial charge >= 0.3 is 6.18 Å². The molecule has 0 aliphatic carbocycles. The highest BCUT2D eigenvalue weighted by molar-refractivity contribution is 5.32. The number of hydrogen-bond donors (Lipinski definition) is 3. The van der Waals surface area contributed by atoms with Gasteiger partial charge in [0.25, 0.3) is 0 Å². The van der Waals surface area contributed by atoms with Crippen LogP contribution in [-0.2, 0) is 6.18 Å². The van der Waals surface area contributed by atoms with Crippen molar-refractivity contribution >= 4 is 0 Å². The number of nitrogens with one attached hydrogen (secondary N) is 1. The number of nitrogens with two attached hydrogens (primary N) is 1. The molecule has 2 atom stereocenters. The van der Waals surface area contributed by atoms with E-state index in [-0.39, 0.29) is 24.8 Å². The Morgan fingerprint density at radius 1 is 1.30 bits per heavy atom. The Kier molecular flexibility index (Phi) is 6.45. The summed E-state index contributed by atoms with van der Waals surface area (Å²) in [4.78, 5) is 0. The van der Waals surface area contributed by atoms with Crippen LogP contribution in [0.4, 0.5) is 13.2 Å². The number of aliphatic hydroxyl groups excluding tert-OH is 1. The van der Waals surface area contributed by atoms with Crippen LogP contribution in [-0.4, -0.2) is 24.3 Å². The molecule has 0 saturated heterocycles. The standard InChI is InChI=1S/C14H21F3N2O/c1-10(5-4-8-20)19-13(9-18)11-6-2-3-7-12(11)14(15,16)17/h2-3,6-7,10,13,19-20H,4-5,8-9,18H2,1H3. The maximum absolute atomic E-state index is 13.0. The highest BCUT2D eigenvalue weighted by atomic mass is 19.4. The summed E-state index contributed by atoms with van der Waals surface area (Å²) >= 11 is 0. The fourth-order valence-electron chi connectivity index (χ4n) is 2.17. The van der Waals surface area contributed by atoms with Crippen molar-refractivity contribution in [1.29, 1.82) is 0 Å². The molecule has 1 rings (SSSR count). The zero-order valence-corrected chi connectivity index (χ0v) is 11.5. The molecule has 0 amide bonds. The molecule has 1 aromatic rings. The first kappa shape index (κ1) is 16.9. The minimum Gasteiger partial charge on any atom is -0.396 e. The molecular weight excluding hydrogens is 269 g/mol. The normalized spacial score (nSPS) is 15.1. The fraction of sp³-hybridized carbons (Fsp3) is 0.571. The average molecular weight is 290 g/mol. The van der Waals surface area contributed by atoms with E-state index >= 15 is 0 Å².